The number of carbonyl (C=O) groups is 2. The number of pyridine rings is 1. The van der Waals surface area contributed by atoms with E-state index in [1.165, 1.54) is 0 Å². The number of ether oxygens (including phenoxy) is 2. The number of rotatable bonds is 7. The fourth-order valence-electron chi connectivity index (χ4n) is 4.26. The fraction of sp³-hybridized carbons (Fsp3) is 0.500. The van der Waals surface area contributed by atoms with Crippen LogP contribution in [0.25, 0.3) is 10.9 Å². The van der Waals surface area contributed by atoms with Crippen molar-refractivity contribution in [1.82, 2.24) is 4.57 Å². The second-order valence-electron chi connectivity index (χ2n) is 8.00. The largest absolute Gasteiger partial charge is 0.492 e. The summed E-state index contributed by atoms with van der Waals surface area (Å²) in [4.78, 5) is 37.4. The summed E-state index contributed by atoms with van der Waals surface area (Å²) in [6.45, 7) is 0.944. The van der Waals surface area contributed by atoms with Crippen molar-refractivity contribution in [1.29, 1.82) is 0 Å². The van der Waals surface area contributed by atoms with E-state index in [9.17, 15) is 32.7 Å². The average Bonchev–Trinajstić information content (AvgIpc) is 2.74. The van der Waals surface area contributed by atoms with Crippen LogP contribution >= 0.6 is 0 Å². The molecule has 0 saturated carbocycles. The van der Waals surface area contributed by atoms with E-state index in [-0.39, 0.29) is 41.9 Å². The number of carboxylic acid groups (broad SMARTS) is 1. The number of fused-ring (bicyclic) bond motifs is 1. The lowest BCUT2D eigenvalue weighted by Gasteiger charge is -2.34. The van der Waals surface area contributed by atoms with Crippen LogP contribution in [0.4, 0.5) is 23.2 Å². The number of benzene rings is 1. The highest BCUT2D eigenvalue weighted by Gasteiger charge is 2.33. The lowest BCUT2D eigenvalue weighted by Crippen LogP contribution is -2.35. The summed E-state index contributed by atoms with van der Waals surface area (Å²) in [7, 11) is 1.14. The van der Waals surface area contributed by atoms with Gasteiger partial charge in [-0.15, -0.1) is 0 Å². The Morgan fingerprint density at radius 1 is 1.24 bits per heavy atom. The summed E-state index contributed by atoms with van der Waals surface area (Å²) in [5.74, 6) is -3.27. The third-order valence-corrected chi connectivity index (χ3v) is 5.72. The molecular formula is C22H24F4N2O6. The van der Waals surface area contributed by atoms with E-state index < -0.39 is 40.9 Å². The van der Waals surface area contributed by atoms with Gasteiger partial charge in [0.25, 0.3) is 0 Å². The zero-order valence-electron chi connectivity index (χ0n) is 18.6. The Bertz CT molecular complexity index is 1150. The molecule has 0 spiro atoms. The standard InChI is InChI=1S/C22H24F4N2O6/c1-3-34-16(29)8-12-4-6-27(7-5-12)18-15(23)9-13-17(20(18)33-2)28(11-22(24,25)26)10-14(19(13)30)21(31)32/h9-10,12H,3-8,11H2,1-2H3,(H,31,32). The van der Waals surface area contributed by atoms with Crippen molar-refractivity contribution in [3.8, 4) is 5.75 Å². The van der Waals surface area contributed by atoms with E-state index in [0.29, 0.717) is 36.7 Å². The number of alkyl halides is 3. The van der Waals surface area contributed by atoms with E-state index in [1.54, 1.807) is 11.8 Å². The number of piperidine rings is 1. The second-order valence-corrected chi connectivity index (χ2v) is 8.00. The molecule has 2 aromatic rings. The maximum absolute atomic E-state index is 15.2. The molecule has 8 nitrogen and oxygen atoms in total. The highest BCUT2D eigenvalue weighted by Crippen LogP contribution is 2.40. The van der Waals surface area contributed by atoms with E-state index in [0.717, 1.165) is 13.2 Å². The first-order valence-corrected chi connectivity index (χ1v) is 10.6. The van der Waals surface area contributed by atoms with Gasteiger partial charge in [0.2, 0.25) is 5.43 Å². The van der Waals surface area contributed by atoms with Gasteiger partial charge in [-0.1, -0.05) is 0 Å². The first kappa shape index (κ1) is 25.3. The molecule has 0 unspecified atom stereocenters. The quantitative estimate of drug-likeness (QED) is 0.470. The normalized spacial score (nSPS) is 14.9. The van der Waals surface area contributed by atoms with E-state index >= 15 is 4.39 Å². The Hall–Kier alpha value is -3.31. The maximum atomic E-state index is 15.2. The molecule has 0 atom stereocenters. The first-order valence-electron chi connectivity index (χ1n) is 10.6. The van der Waals surface area contributed by atoms with Crippen molar-refractivity contribution < 1.29 is 41.7 Å². The van der Waals surface area contributed by atoms with Gasteiger partial charge in [0.15, 0.2) is 11.6 Å². The van der Waals surface area contributed by atoms with Crippen LogP contribution in [-0.4, -0.2) is 54.6 Å². The Morgan fingerprint density at radius 3 is 2.41 bits per heavy atom. The number of carbonyl (C=O) groups excluding carboxylic acids is 1. The number of halogens is 4. The first-order chi connectivity index (χ1) is 16.0. The minimum atomic E-state index is -4.75. The number of nitrogens with zero attached hydrogens (tertiary/aromatic N) is 2. The molecule has 1 fully saturated rings. The average molecular weight is 488 g/mol. The van der Waals surface area contributed by atoms with Crippen LogP contribution in [0.3, 0.4) is 0 Å². The van der Waals surface area contributed by atoms with Gasteiger partial charge in [0.05, 0.1) is 24.6 Å². The number of methoxy groups -OCH3 is 1. The SMILES string of the molecule is CCOC(=O)CC1CCN(c2c(F)cc3c(=O)c(C(=O)O)cn(CC(F)(F)F)c3c2OC)CC1. The highest BCUT2D eigenvalue weighted by atomic mass is 19.4. The second kappa shape index (κ2) is 9.90. The molecule has 186 valence electrons. The summed E-state index contributed by atoms with van der Waals surface area (Å²) in [6.07, 6.45) is -2.93. The highest BCUT2D eigenvalue weighted by molar-refractivity contribution is 5.97. The van der Waals surface area contributed by atoms with Crippen LogP contribution in [0.15, 0.2) is 17.1 Å². The monoisotopic (exact) mass is 488 g/mol. The van der Waals surface area contributed by atoms with Crippen molar-refractivity contribution in [2.24, 2.45) is 5.92 Å². The summed E-state index contributed by atoms with van der Waals surface area (Å²) in [6, 6.07) is 0.750. The van der Waals surface area contributed by atoms with Crippen LogP contribution in [0.2, 0.25) is 0 Å². The minimum absolute atomic E-state index is 0.00588. The summed E-state index contributed by atoms with van der Waals surface area (Å²) in [5, 5.41) is 8.73. The molecule has 0 bridgehead atoms. The molecule has 0 radical (unpaired) electrons. The molecule has 3 rings (SSSR count). The molecule has 34 heavy (non-hydrogen) atoms. The predicted octanol–water partition coefficient (Wildman–Crippen LogP) is 3.58. The molecule has 1 aliphatic heterocycles. The summed E-state index contributed by atoms with van der Waals surface area (Å²) in [5.41, 5.74) is -2.49. The minimum Gasteiger partial charge on any atom is -0.492 e. The summed E-state index contributed by atoms with van der Waals surface area (Å²) >= 11 is 0. The number of aromatic nitrogens is 1. The van der Waals surface area contributed by atoms with Gasteiger partial charge in [0.1, 0.15) is 17.8 Å². The topological polar surface area (TPSA) is 98.1 Å². The molecular weight excluding hydrogens is 464 g/mol. The van der Waals surface area contributed by atoms with E-state index in [2.05, 4.69) is 0 Å². The Labute approximate surface area is 191 Å². The number of aromatic carboxylic acids is 1. The number of carboxylic acids is 1. The maximum Gasteiger partial charge on any atom is 0.406 e. The van der Waals surface area contributed by atoms with Crippen LogP contribution in [-0.2, 0) is 16.1 Å². The number of esters is 1. The van der Waals surface area contributed by atoms with Gasteiger partial charge in [-0.05, 0) is 31.7 Å². The van der Waals surface area contributed by atoms with Crippen molar-refractivity contribution in [3.63, 3.8) is 0 Å². The van der Waals surface area contributed by atoms with Gasteiger partial charge >= 0.3 is 18.1 Å². The Morgan fingerprint density at radius 2 is 1.88 bits per heavy atom. The fourth-order valence-corrected chi connectivity index (χ4v) is 4.26. The van der Waals surface area contributed by atoms with Crippen molar-refractivity contribution >= 4 is 28.5 Å². The third kappa shape index (κ3) is 5.26. The Balaban J connectivity index is 2.09. The molecule has 1 N–H and O–H groups in total. The van der Waals surface area contributed by atoms with Crippen LogP contribution in [0.5, 0.6) is 5.75 Å². The molecule has 1 aromatic heterocycles. The Kier molecular flexibility index (Phi) is 7.37. The number of anilines is 1. The molecule has 2 heterocycles. The van der Waals surface area contributed by atoms with E-state index in [4.69, 9.17) is 9.47 Å². The van der Waals surface area contributed by atoms with Gasteiger partial charge in [-0.2, -0.15) is 13.2 Å². The number of hydrogen-bond donors (Lipinski definition) is 1. The van der Waals surface area contributed by atoms with Crippen LogP contribution in [0.1, 0.15) is 36.5 Å². The van der Waals surface area contributed by atoms with Gasteiger partial charge in [0, 0.05) is 25.7 Å². The lowest BCUT2D eigenvalue weighted by molar-refractivity contribution is -0.144. The predicted molar refractivity (Wildman–Crippen MR) is 114 cm³/mol. The molecule has 1 aliphatic rings. The van der Waals surface area contributed by atoms with Gasteiger partial charge in [-0.25, -0.2) is 9.18 Å². The molecule has 1 saturated heterocycles. The van der Waals surface area contributed by atoms with Crippen molar-refractivity contribution in [2.45, 2.75) is 38.9 Å². The van der Waals surface area contributed by atoms with E-state index in [1.807, 2.05) is 0 Å². The molecule has 0 amide bonds. The third-order valence-electron chi connectivity index (χ3n) is 5.72. The molecule has 1 aromatic carbocycles. The van der Waals surface area contributed by atoms with Crippen LogP contribution < -0.4 is 15.1 Å². The van der Waals surface area contributed by atoms with Crippen molar-refractivity contribution in [3.05, 3.63) is 33.9 Å². The van der Waals surface area contributed by atoms with Gasteiger partial charge in [-0.3, -0.25) is 9.59 Å². The smallest absolute Gasteiger partial charge is 0.406 e. The van der Waals surface area contributed by atoms with Gasteiger partial charge < -0.3 is 24.0 Å². The van der Waals surface area contributed by atoms with Crippen molar-refractivity contribution in [2.75, 3.05) is 31.7 Å². The molecule has 12 heteroatoms. The van der Waals surface area contributed by atoms with Crippen LogP contribution in [0, 0.1) is 11.7 Å². The molecule has 0 aliphatic carbocycles. The zero-order valence-corrected chi connectivity index (χ0v) is 18.6. The lowest BCUT2D eigenvalue weighted by atomic mass is 9.93. The zero-order chi connectivity index (χ0) is 25.2. The number of hydrogen-bond acceptors (Lipinski definition) is 6. The summed E-state index contributed by atoms with van der Waals surface area (Å²) < 4.78 is 65.8.